The van der Waals surface area contributed by atoms with Crippen LogP contribution in [-0.4, -0.2) is 36.9 Å². The van der Waals surface area contributed by atoms with E-state index in [2.05, 4.69) is 12.2 Å². The molecule has 0 heterocycles. The number of hydrogen-bond donors (Lipinski definition) is 2. The molecule has 0 spiro atoms. The maximum absolute atomic E-state index is 11.5. The van der Waals surface area contributed by atoms with Gasteiger partial charge in [0.2, 0.25) is 0 Å². The number of rotatable bonds is 12. The van der Waals surface area contributed by atoms with Gasteiger partial charge in [-0.05, 0) is 38.6 Å². The van der Waals surface area contributed by atoms with E-state index < -0.39 is 11.5 Å². The van der Waals surface area contributed by atoms with Gasteiger partial charge in [-0.3, -0.25) is 4.79 Å². The molecule has 0 aromatic rings. The van der Waals surface area contributed by atoms with E-state index >= 15 is 0 Å². The molecule has 0 aliphatic heterocycles. The Balaban J connectivity index is 2.11. The molecule has 1 rings (SSSR count). The lowest BCUT2D eigenvalue weighted by Gasteiger charge is -2.30. The normalized spacial score (nSPS) is 25.3. The zero-order valence-corrected chi connectivity index (χ0v) is 13.8. The van der Waals surface area contributed by atoms with Crippen LogP contribution in [0.25, 0.3) is 0 Å². The van der Waals surface area contributed by atoms with E-state index in [9.17, 15) is 9.90 Å². The second-order valence-electron chi connectivity index (χ2n) is 6.28. The molecule has 1 aliphatic rings. The second-order valence-corrected chi connectivity index (χ2v) is 6.28. The summed E-state index contributed by atoms with van der Waals surface area (Å²) in [5.74, 6) is -0.507. The Morgan fingerprint density at radius 1 is 1.24 bits per heavy atom. The molecular formula is C17H33NO3. The van der Waals surface area contributed by atoms with Crippen LogP contribution in [0, 0.1) is 5.92 Å². The maximum Gasteiger partial charge on any atom is 0.324 e. The number of nitrogens with one attached hydrogen (secondary N) is 1. The largest absolute Gasteiger partial charge is 0.480 e. The minimum atomic E-state index is -0.719. The van der Waals surface area contributed by atoms with Crippen LogP contribution in [0.2, 0.25) is 0 Å². The number of ether oxygens (including phenoxy) is 1. The minimum Gasteiger partial charge on any atom is -0.480 e. The van der Waals surface area contributed by atoms with Crippen molar-refractivity contribution in [3.8, 4) is 0 Å². The summed E-state index contributed by atoms with van der Waals surface area (Å²) < 4.78 is 5.70. The third-order valence-corrected chi connectivity index (χ3v) is 4.90. The first-order chi connectivity index (χ1) is 10.2. The Bertz CT molecular complexity index is 296. The molecule has 1 fully saturated rings. The predicted molar refractivity (Wildman–Crippen MR) is 85.6 cm³/mol. The molecule has 1 saturated carbocycles. The maximum atomic E-state index is 11.5. The van der Waals surface area contributed by atoms with Gasteiger partial charge in [-0.1, -0.05) is 45.4 Å². The molecule has 4 heteroatoms. The highest BCUT2D eigenvalue weighted by Gasteiger charge is 2.47. The van der Waals surface area contributed by atoms with Crippen molar-refractivity contribution >= 4 is 5.97 Å². The summed E-state index contributed by atoms with van der Waals surface area (Å²) in [4.78, 5) is 11.5. The fourth-order valence-corrected chi connectivity index (χ4v) is 3.50. The van der Waals surface area contributed by atoms with Gasteiger partial charge in [0, 0.05) is 13.2 Å². The summed E-state index contributed by atoms with van der Waals surface area (Å²) in [6, 6.07) is 0. The molecule has 2 N–H and O–H groups in total. The first-order valence-electron chi connectivity index (χ1n) is 8.67. The predicted octanol–water partition coefficient (Wildman–Crippen LogP) is 3.60. The van der Waals surface area contributed by atoms with E-state index in [1.165, 1.54) is 32.1 Å². The van der Waals surface area contributed by atoms with Crippen molar-refractivity contribution in [3.63, 3.8) is 0 Å². The summed E-state index contributed by atoms with van der Waals surface area (Å²) in [7, 11) is 1.77. The zero-order valence-electron chi connectivity index (χ0n) is 13.8. The molecule has 2 unspecified atom stereocenters. The number of likely N-dealkylation sites (N-methyl/N-ethyl adjacent to an activating group) is 1. The topological polar surface area (TPSA) is 58.6 Å². The van der Waals surface area contributed by atoms with Crippen LogP contribution in [0.15, 0.2) is 0 Å². The Hall–Kier alpha value is -0.610. The lowest BCUT2D eigenvalue weighted by Crippen LogP contribution is -2.53. The zero-order chi connectivity index (χ0) is 15.6. The first kappa shape index (κ1) is 18.4. The van der Waals surface area contributed by atoms with Crippen LogP contribution in [0.3, 0.4) is 0 Å². The van der Waals surface area contributed by atoms with Gasteiger partial charge in [-0.2, -0.15) is 0 Å². The molecule has 0 amide bonds. The van der Waals surface area contributed by atoms with Crippen molar-refractivity contribution in [2.24, 2.45) is 5.92 Å². The van der Waals surface area contributed by atoms with Crippen molar-refractivity contribution in [3.05, 3.63) is 0 Å². The van der Waals surface area contributed by atoms with Crippen molar-refractivity contribution in [1.82, 2.24) is 5.32 Å². The van der Waals surface area contributed by atoms with Crippen LogP contribution < -0.4 is 5.32 Å². The average molecular weight is 299 g/mol. The SMILES string of the molecule is CCCCCCCCOCCC1CCCC1(NC)C(=O)O. The van der Waals surface area contributed by atoms with Crippen LogP contribution >= 0.6 is 0 Å². The van der Waals surface area contributed by atoms with Gasteiger partial charge in [0.05, 0.1) is 0 Å². The number of carbonyl (C=O) groups is 1. The van der Waals surface area contributed by atoms with Gasteiger partial charge in [0.1, 0.15) is 5.54 Å². The van der Waals surface area contributed by atoms with Crippen molar-refractivity contribution in [1.29, 1.82) is 0 Å². The molecule has 0 aromatic heterocycles. The van der Waals surface area contributed by atoms with E-state index in [1.807, 2.05) is 0 Å². The van der Waals surface area contributed by atoms with Crippen molar-refractivity contribution in [2.75, 3.05) is 20.3 Å². The highest BCUT2D eigenvalue weighted by Crippen LogP contribution is 2.37. The Kier molecular flexibility index (Phi) is 8.93. The number of unbranched alkanes of at least 4 members (excludes halogenated alkanes) is 5. The van der Waals surface area contributed by atoms with E-state index in [4.69, 9.17) is 4.74 Å². The Labute approximate surface area is 129 Å². The minimum absolute atomic E-state index is 0.199. The highest BCUT2D eigenvalue weighted by molar-refractivity contribution is 5.79. The molecule has 0 radical (unpaired) electrons. The summed E-state index contributed by atoms with van der Waals surface area (Å²) >= 11 is 0. The smallest absolute Gasteiger partial charge is 0.324 e. The number of hydrogen-bond acceptors (Lipinski definition) is 3. The summed E-state index contributed by atoms with van der Waals surface area (Å²) in [5, 5.41) is 12.5. The van der Waals surface area contributed by atoms with Crippen LogP contribution in [0.4, 0.5) is 0 Å². The summed E-state index contributed by atoms with van der Waals surface area (Å²) in [5.41, 5.74) is -0.719. The van der Waals surface area contributed by atoms with Gasteiger partial charge < -0.3 is 15.2 Å². The number of aliphatic carboxylic acids is 1. The molecule has 21 heavy (non-hydrogen) atoms. The molecule has 124 valence electrons. The average Bonchev–Trinajstić information content (AvgIpc) is 2.89. The third kappa shape index (κ3) is 5.59. The van der Waals surface area contributed by atoms with Crippen molar-refractivity contribution in [2.45, 2.75) is 76.7 Å². The van der Waals surface area contributed by atoms with Gasteiger partial charge in [0.25, 0.3) is 0 Å². The number of carboxylic acids is 1. The van der Waals surface area contributed by atoms with Gasteiger partial charge in [-0.15, -0.1) is 0 Å². The Morgan fingerprint density at radius 2 is 1.95 bits per heavy atom. The van der Waals surface area contributed by atoms with E-state index in [0.29, 0.717) is 6.61 Å². The fourth-order valence-electron chi connectivity index (χ4n) is 3.50. The lowest BCUT2D eigenvalue weighted by atomic mass is 9.85. The summed E-state index contributed by atoms with van der Waals surface area (Å²) in [6.45, 7) is 3.74. The molecule has 0 aromatic carbocycles. The first-order valence-corrected chi connectivity index (χ1v) is 8.67. The second kappa shape index (κ2) is 10.2. The van der Waals surface area contributed by atoms with E-state index in [0.717, 1.165) is 38.7 Å². The number of carboxylic acid groups (broad SMARTS) is 1. The van der Waals surface area contributed by atoms with Crippen molar-refractivity contribution < 1.29 is 14.6 Å². The molecule has 4 nitrogen and oxygen atoms in total. The van der Waals surface area contributed by atoms with Crippen LogP contribution in [0.5, 0.6) is 0 Å². The fraction of sp³-hybridized carbons (Fsp3) is 0.941. The van der Waals surface area contributed by atoms with Crippen LogP contribution in [-0.2, 0) is 9.53 Å². The molecule has 1 aliphatic carbocycles. The lowest BCUT2D eigenvalue weighted by molar-refractivity contribution is -0.146. The van der Waals surface area contributed by atoms with Gasteiger partial charge in [0.15, 0.2) is 0 Å². The molecule has 0 bridgehead atoms. The monoisotopic (exact) mass is 299 g/mol. The molecule has 2 atom stereocenters. The summed E-state index contributed by atoms with van der Waals surface area (Å²) in [6.07, 6.45) is 11.2. The van der Waals surface area contributed by atoms with Gasteiger partial charge >= 0.3 is 5.97 Å². The van der Waals surface area contributed by atoms with E-state index in [1.54, 1.807) is 7.05 Å². The van der Waals surface area contributed by atoms with Gasteiger partial charge in [-0.25, -0.2) is 0 Å². The third-order valence-electron chi connectivity index (χ3n) is 4.90. The Morgan fingerprint density at radius 3 is 2.62 bits per heavy atom. The molecule has 0 saturated heterocycles. The van der Waals surface area contributed by atoms with E-state index in [-0.39, 0.29) is 5.92 Å². The molecular weight excluding hydrogens is 266 g/mol. The quantitative estimate of drug-likeness (QED) is 0.541. The highest BCUT2D eigenvalue weighted by atomic mass is 16.5. The standard InChI is InChI=1S/C17H33NO3/c1-3-4-5-6-7-8-13-21-14-11-15-10-9-12-17(15,18-2)16(19)20/h15,18H,3-14H2,1-2H3,(H,19,20). The van der Waals surface area contributed by atoms with Crippen LogP contribution in [0.1, 0.15) is 71.1 Å².